The Bertz CT molecular complexity index is 925. The van der Waals surface area contributed by atoms with Gasteiger partial charge < -0.3 is 15.7 Å². The molecule has 0 radical (unpaired) electrons. The first-order valence-corrected chi connectivity index (χ1v) is 8.41. The smallest absolute Gasteiger partial charge is 0.313 e. The predicted molar refractivity (Wildman–Crippen MR) is 94.8 cm³/mol. The second kappa shape index (κ2) is 7.42. The number of thiophene rings is 1. The number of rotatable bonds is 4. The fourth-order valence-electron chi connectivity index (χ4n) is 2.39. The Hall–Kier alpha value is -2.77. The summed E-state index contributed by atoms with van der Waals surface area (Å²) in [6.45, 7) is -0.101. The molecule has 3 N–H and O–H groups in total. The van der Waals surface area contributed by atoms with Gasteiger partial charge in [0.15, 0.2) is 0 Å². The summed E-state index contributed by atoms with van der Waals surface area (Å²) < 4.78 is 14.1. The second-order valence-electron chi connectivity index (χ2n) is 5.38. The topological polar surface area (TPSA) is 78.4 Å². The summed E-state index contributed by atoms with van der Waals surface area (Å²) in [5.41, 5.74) is 0.885. The number of amides is 2. The van der Waals surface area contributed by atoms with Crippen LogP contribution in [0.4, 0.5) is 10.1 Å². The molecule has 2 aromatic carbocycles. The van der Waals surface area contributed by atoms with Gasteiger partial charge in [0.1, 0.15) is 5.82 Å². The van der Waals surface area contributed by atoms with Crippen LogP contribution in [0.3, 0.4) is 0 Å². The first-order chi connectivity index (χ1) is 12.0. The molecule has 1 heterocycles. The van der Waals surface area contributed by atoms with Crippen molar-refractivity contribution in [2.24, 2.45) is 0 Å². The molecule has 3 rings (SSSR count). The van der Waals surface area contributed by atoms with Gasteiger partial charge in [0.05, 0.1) is 6.10 Å². The zero-order valence-corrected chi connectivity index (χ0v) is 13.8. The molecule has 0 aliphatic rings. The highest BCUT2D eigenvalue weighted by atomic mass is 32.1. The number of anilines is 1. The third-order valence-corrected chi connectivity index (χ3v) is 4.60. The quantitative estimate of drug-likeness (QED) is 0.628. The number of benzene rings is 2. The number of aliphatic hydroxyl groups excluding tert-OH is 1. The fourth-order valence-corrected chi connectivity index (χ4v) is 3.40. The van der Waals surface area contributed by atoms with Gasteiger partial charge in [0, 0.05) is 22.5 Å². The Morgan fingerprint density at radius 2 is 1.92 bits per heavy atom. The predicted octanol–water partition coefficient (Wildman–Crippen LogP) is 2.83. The van der Waals surface area contributed by atoms with Gasteiger partial charge in [-0.05, 0) is 35.0 Å². The minimum atomic E-state index is -0.929. The molecule has 0 saturated carbocycles. The molecule has 0 fully saturated rings. The Morgan fingerprint density at radius 3 is 2.72 bits per heavy atom. The maximum Gasteiger partial charge on any atom is 0.313 e. The van der Waals surface area contributed by atoms with E-state index in [9.17, 15) is 19.1 Å². The van der Waals surface area contributed by atoms with Crippen molar-refractivity contribution in [3.05, 3.63) is 65.3 Å². The van der Waals surface area contributed by atoms with E-state index in [4.69, 9.17) is 0 Å². The number of aliphatic hydroxyl groups is 1. The van der Waals surface area contributed by atoms with Gasteiger partial charge in [-0.1, -0.05) is 24.3 Å². The molecule has 0 aliphatic carbocycles. The van der Waals surface area contributed by atoms with Crippen molar-refractivity contribution < 1.29 is 19.1 Å². The molecule has 25 heavy (non-hydrogen) atoms. The molecule has 3 aromatic rings. The van der Waals surface area contributed by atoms with Crippen LogP contribution >= 0.6 is 11.3 Å². The summed E-state index contributed by atoms with van der Waals surface area (Å²) in [5.74, 6) is -2.34. The molecule has 1 aromatic heterocycles. The summed E-state index contributed by atoms with van der Waals surface area (Å²) in [7, 11) is 0. The Morgan fingerprint density at radius 1 is 1.12 bits per heavy atom. The van der Waals surface area contributed by atoms with E-state index in [1.54, 1.807) is 0 Å². The Balaban J connectivity index is 1.59. The van der Waals surface area contributed by atoms with Gasteiger partial charge in [-0.3, -0.25) is 9.59 Å². The van der Waals surface area contributed by atoms with E-state index in [2.05, 4.69) is 10.6 Å². The standard InChI is InChI=1S/C18H15FN2O3S/c19-11-4-3-5-12(8-11)21-18(24)17(23)20-9-15(22)14-10-25-16-7-2-1-6-13(14)16/h1-8,10,15,22H,9H2,(H,20,23)(H,21,24). The van der Waals surface area contributed by atoms with Crippen LogP contribution in [0.25, 0.3) is 10.1 Å². The van der Waals surface area contributed by atoms with Gasteiger partial charge in [0.2, 0.25) is 0 Å². The highest BCUT2D eigenvalue weighted by Gasteiger charge is 2.18. The largest absolute Gasteiger partial charge is 0.387 e. The van der Waals surface area contributed by atoms with E-state index in [0.29, 0.717) is 5.56 Å². The van der Waals surface area contributed by atoms with E-state index in [1.807, 2.05) is 29.6 Å². The lowest BCUT2D eigenvalue weighted by atomic mass is 10.1. The second-order valence-corrected chi connectivity index (χ2v) is 6.29. The first kappa shape index (κ1) is 17.1. The monoisotopic (exact) mass is 358 g/mol. The van der Waals surface area contributed by atoms with E-state index in [1.165, 1.54) is 29.5 Å². The maximum atomic E-state index is 13.1. The average Bonchev–Trinajstić information content (AvgIpc) is 3.03. The summed E-state index contributed by atoms with van der Waals surface area (Å²) in [5, 5.41) is 17.7. The van der Waals surface area contributed by atoms with Gasteiger partial charge >= 0.3 is 11.8 Å². The average molecular weight is 358 g/mol. The molecule has 1 unspecified atom stereocenters. The highest BCUT2D eigenvalue weighted by Crippen LogP contribution is 2.29. The molecule has 7 heteroatoms. The molecule has 1 atom stereocenters. The zero-order chi connectivity index (χ0) is 17.8. The van der Waals surface area contributed by atoms with Gasteiger partial charge in [-0.2, -0.15) is 0 Å². The minimum absolute atomic E-state index is 0.101. The lowest BCUT2D eigenvalue weighted by Gasteiger charge is -2.11. The van der Waals surface area contributed by atoms with Crippen LogP contribution in [0, 0.1) is 5.82 Å². The Kier molecular flexibility index (Phi) is 5.06. The minimum Gasteiger partial charge on any atom is -0.387 e. The van der Waals surface area contributed by atoms with Crippen LogP contribution in [-0.4, -0.2) is 23.5 Å². The lowest BCUT2D eigenvalue weighted by molar-refractivity contribution is -0.136. The zero-order valence-electron chi connectivity index (χ0n) is 13.0. The molecular weight excluding hydrogens is 343 g/mol. The number of carbonyl (C=O) groups excluding carboxylic acids is 2. The first-order valence-electron chi connectivity index (χ1n) is 7.53. The lowest BCUT2D eigenvalue weighted by Crippen LogP contribution is -2.37. The van der Waals surface area contributed by atoms with Crippen molar-refractivity contribution in [1.82, 2.24) is 5.32 Å². The molecule has 2 amide bonds. The fraction of sp³-hybridized carbons (Fsp3) is 0.111. The van der Waals surface area contributed by atoms with E-state index >= 15 is 0 Å². The summed E-state index contributed by atoms with van der Waals surface area (Å²) in [4.78, 5) is 23.7. The van der Waals surface area contributed by atoms with Gasteiger partial charge in [-0.15, -0.1) is 11.3 Å². The van der Waals surface area contributed by atoms with Crippen molar-refractivity contribution in [3.8, 4) is 0 Å². The Labute approximate surface area is 147 Å². The maximum absolute atomic E-state index is 13.1. The molecule has 0 saturated heterocycles. The van der Waals surface area contributed by atoms with Crippen molar-refractivity contribution in [3.63, 3.8) is 0 Å². The van der Waals surface area contributed by atoms with Crippen LogP contribution < -0.4 is 10.6 Å². The van der Waals surface area contributed by atoms with Crippen molar-refractivity contribution in [2.75, 3.05) is 11.9 Å². The molecular formula is C18H15FN2O3S. The number of carbonyl (C=O) groups is 2. The molecule has 5 nitrogen and oxygen atoms in total. The van der Waals surface area contributed by atoms with Crippen molar-refractivity contribution in [2.45, 2.75) is 6.10 Å². The van der Waals surface area contributed by atoms with E-state index < -0.39 is 23.7 Å². The number of nitrogens with one attached hydrogen (secondary N) is 2. The molecule has 128 valence electrons. The number of fused-ring (bicyclic) bond motifs is 1. The summed E-state index contributed by atoms with van der Waals surface area (Å²) in [6, 6.07) is 12.9. The van der Waals surface area contributed by atoms with Crippen LogP contribution in [0.15, 0.2) is 53.9 Å². The van der Waals surface area contributed by atoms with Crippen LogP contribution in [0.1, 0.15) is 11.7 Å². The van der Waals surface area contributed by atoms with E-state index in [0.717, 1.165) is 16.2 Å². The van der Waals surface area contributed by atoms with Crippen molar-refractivity contribution in [1.29, 1.82) is 0 Å². The van der Waals surface area contributed by atoms with Gasteiger partial charge in [-0.25, -0.2) is 4.39 Å². The molecule has 0 spiro atoms. The van der Waals surface area contributed by atoms with E-state index in [-0.39, 0.29) is 12.2 Å². The van der Waals surface area contributed by atoms with Crippen molar-refractivity contribution >= 4 is 38.9 Å². The molecule has 0 aliphatic heterocycles. The highest BCUT2D eigenvalue weighted by molar-refractivity contribution is 7.17. The third kappa shape index (κ3) is 4.01. The third-order valence-electron chi connectivity index (χ3n) is 3.61. The number of halogens is 1. The van der Waals surface area contributed by atoms with Crippen LogP contribution in [-0.2, 0) is 9.59 Å². The molecule has 0 bridgehead atoms. The normalized spacial score (nSPS) is 11.9. The number of hydrogen-bond donors (Lipinski definition) is 3. The number of hydrogen-bond acceptors (Lipinski definition) is 4. The van der Waals surface area contributed by atoms with Gasteiger partial charge in [0.25, 0.3) is 0 Å². The van der Waals surface area contributed by atoms with Crippen LogP contribution in [0.2, 0.25) is 0 Å². The SMILES string of the molecule is O=C(NCC(O)c1csc2ccccc12)C(=O)Nc1cccc(F)c1. The van der Waals surface area contributed by atoms with Crippen LogP contribution in [0.5, 0.6) is 0 Å². The summed E-state index contributed by atoms with van der Waals surface area (Å²) in [6.07, 6.45) is -0.929. The summed E-state index contributed by atoms with van der Waals surface area (Å²) >= 11 is 1.50.